The van der Waals surface area contributed by atoms with Crippen molar-refractivity contribution >= 4 is 11.8 Å². The van der Waals surface area contributed by atoms with Gasteiger partial charge >= 0.3 is 0 Å². The van der Waals surface area contributed by atoms with Gasteiger partial charge in [0.1, 0.15) is 5.82 Å². The first-order valence-corrected chi connectivity index (χ1v) is 8.05. The molecule has 0 bridgehead atoms. The summed E-state index contributed by atoms with van der Waals surface area (Å²) >= 11 is 0. The Bertz CT molecular complexity index is 434. The van der Waals surface area contributed by atoms with Crippen LogP contribution in [0.1, 0.15) is 38.7 Å². The summed E-state index contributed by atoms with van der Waals surface area (Å²) in [5.41, 5.74) is 1.15. The van der Waals surface area contributed by atoms with Crippen molar-refractivity contribution < 1.29 is 0 Å². The van der Waals surface area contributed by atoms with Crippen molar-refractivity contribution in [3.63, 3.8) is 0 Å². The minimum atomic E-state index is 0.659. The van der Waals surface area contributed by atoms with Crippen molar-refractivity contribution in [1.29, 1.82) is 0 Å². The van der Waals surface area contributed by atoms with Crippen molar-refractivity contribution in [3.8, 4) is 0 Å². The van der Waals surface area contributed by atoms with Gasteiger partial charge in [0, 0.05) is 32.4 Å². The fraction of sp³-hybridized carbons (Fsp3) is 0.625. The highest BCUT2D eigenvalue weighted by molar-refractivity contribution is 5.79. The maximum absolute atomic E-state index is 4.59. The zero-order valence-corrected chi connectivity index (χ0v) is 13.2. The van der Waals surface area contributed by atoms with Crippen LogP contribution in [0.3, 0.4) is 0 Å². The molecule has 5 nitrogen and oxygen atoms in total. The number of aliphatic imine (C=N–C) groups is 1. The summed E-state index contributed by atoms with van der Waals surface area (Å²) in [6.07, 6.45) is 5.60. The van der Waals surface area contributed by atoms with E-state index in [-0.39, 0.29) is 0 Å². The quantitative estimate of drug-likeness (QED) is 0.622. The molecule has 0 saturated carbocycles. The van der Waals surface area contributed by atoms with Gasteiger partial charge < -0.3 is 15.5 Å². The van der Waals surface area contributed by atoms with Crippen LogP contribution in [0.4, 0.5) is 5.82 Å². The van der Waals surface area contributed by atoms with Gasteiger partial charge in [-0.05, 0) is 37.8 Å². The standard InChI is InChI=1S/C16H27N5/c1-3-9-18-16(17-4-2)20-13-14-7-8-15(19-12-14)21-10-5-6-11-21/h7-8,12H,3-6,9-11,13H2,1-2H3,(H2,17,18,20). The number of hydrogen-bond acceptors (Lipinski definition) is 3. The molecular weight excluding hydrogens is 262 g/mol. The van der Waals surface area contributed by atoms with Gasteiger partial charge in [0.15, 0.2) is 5.96 Å². The molecule has 0 amide bonds. The first-order chi connectivity index (χ1) is 10.3. The zero-order valence-electron chi connectivity index (χ0n) is 13.2. The number of pyridine rings is 1. The topological polar surface area (TPSA) is 52.6 Å². The van der Waals surface area contributed by atoms with Crippen molar-refractivity contribution in [1.82, 2.24) is 15.6 Å². The fourth-order valence-corrected chi connectivity index (χ4v) is 2.40. The van der Waals surface area contributed by atoms with E-state index >= 15 is 0 Å². The molecule has 1 saturated heterocycles. The first kappa shape index (κ1) is 15.6. The molecule has 0 aromatic carbocycles. The predicted molar refractivity (Wildman–Crippen MR) is 88.8 cm³/mol. The molecule has 5 heteroatoms. The van der Waals surface area contributed by atoms with E-state index in [2.05, 4.69) is 51.5 Å². The van der Waals surface area contributed by atoms with E-state index in [1.165, 1.54) is 12.8 Å². The number of nitrogens with one attached hydrogen (secondary N) is 2. The molecule has 0 spiro atoms. The summed E-state index contributed by atoms with van der Waals surface area (Å²) in [5.74, 6) is 1.97. The van der Waals surface area contributed by atoms with Gasteiger partial charge in [0.05, 0.1) is 6.54 Å². The molecule has 1 fully saturated rings. The third kappa shape index (κ3) is 4.92. The highest BCUT2D eigenvalue weighted by Gasteiger charge is 2.12. The second-order valence-electron chi connectivity index (χ2n) is 5.34. The van der Waals surface area contributed by atoms with Crippen molar-refractivity contribution in [3.05, 3.63) is 23.9 Å². The molecule has 0 unspecified atom stereocenters. The Balaban J connectivity index is 1.91. The Kier molecular flexibility index (Phi) is 6.31. The van der Waals surface area contributed by atoms with Gasteiger partial charge in [-0.25, -0.2) is 9.98 Å². The molecule has 2 heterocycles. The van der Waals surface area contributed by atoms with Crippen LogP contribution in [-0.4, -0.2) is 37.1 Å². The molecular formula is C16H27N5. The summed E-state index contributed by atoms with van der Waals surface area (Å²) in [4.78, 5) is 11.5. The third-order valence-electron chi connectivity index (χ3n) is 3.55. The number of hydrogen-bond donors (Lipinski definition) is 2. The predicted octanol–water partition coefficient (Wildman–Crippen LogP) is 2.15. The lowest BCUT2D eigenvalue weighted by Crippen LogP contribution is -2.37. The molecule has 0 atom stereocenters. The summed E-state index contributed by atoms with van der Waals surface area (Å²) in [6, 6.07) is 4.25. The normalized spacial score (nSPS) is 15.3. The third-order valence-corrected chi connectivity index (χ3v) is 3.55. The van der Waals surface area contributed by atoms with Crippen LogP contribution in [0.2, 0.25) is 0 Å². The maximum atomic E-state index is 4.59. The number of nitrogens with zero attached hydrogens (tertiary/aromatic N) is 3. The maximum Gasteiger partial charge on any atom is 0.191 e. The largest absolute Gasteiger partial charge is 0.357 e. The van der Waals surface area contributed by atoms with Gasteiger partial charge in [-0.15, -0.1) is 0 Å². The van der Waals surface area contributed by atoms with Crippen LogP contribution in [-0.2, 0) is 6.54 Å². The van der Waals surface area contributed by atoms with Crippen LogP contribution in [0.25, 0.3) is 0 Å². The van der Waals surface area contributed by atoms with Crippen LogP contribution < -0.4 is 15.5 Å². The minimum absolute atomic E-state index is 0.659. The van der Waals surface area contributed by atoms with E-state index in [4.69, 9.17) is 0 Å². The lowest BCUT2D eigenvalue weighted by Gasteiger charge is -2.16. The molecule has 1 aromatic heterocycles. The molecule has 21 heavy (non-hydrogen) atoms. The van der Waals surface area contributed by atoms with Gasteiger partial charge in [-0.1, -0.05) is 13.0 Å². The summed E-state index contributed by atoms with van der Waals surface area (Å²) in [5, 5.41) is 6.56. The second kappa shape index (κ2) is 8.49. The van der Waals surface area contributed by atoms with Crippen LogP contribution in [0, 0.1) is 0 Å². The highest BCUT2D eigenvalue weighted by atomic mass is 15.2. The average molecular weight is 289 g/mol. The van der Waals surface area contributed by atoms with E-state index < -0.39 is 0 Å². The lowest BCUT2D eigenvalue weighted by molar-refractivity contribution is 0.785. The molecule has 2 N–H and O–H groups in total. The van der Waals surface area contributed by atoms with E-state index in [9.17, 15) is 0 Å². The number of rotatable bonds is 6. The Labute approximate surface area is 127 Å². The first-order valence-electron chi connectivity index (χ1n) is 8.05. The van der Waals surface area contributed by atoms with Gasteiger partial charge in [-0.2, -0.15) is 0 Å². The smallest absolute Gasteiger partial charge is 0.191 e. The molecule has 116 valence electrons. The monoisotopic (exact) mass is 289 g/mol. The summed E-state index contributed by atoms with van der Waals surface area (Å²) < 4.78 is 0. The minimum Gasteiger partial charge on any atom is -0.357 e. The Morgan fingerprint density at radius 1 is 1.24 bits per heavy atom. The van der Waals surface area contributed by atoms with E-state index in [0.29, 0.717) is 6.54 Å². The summed E-state index contributed by atoms with van der Waals surface area (Å²) in [6.45, 7) is 8.98. The molecule has 1 aromatic rings. The van der Waals surface area contributed by atoms with Crippen LogP contribution in [0.15, 0.2) is 23.3 Å². The van der Waals surface area contributed by atoms with Crippen molar-refractivity contribution in [2.75, 3.05) is 31.1 Å². The molecule has 2 rings (SSSR count). The Morgan fingerprint density at radius 2 is 2.05 bits per heavy atom. The lowest BCUT2D eigenvalue weighted by atomic mass is 10.3. The van der Waals surface area contributed by atoms with Crippen LogP contribution >= 0.6 is 0 Å². The Hall–Kier alpha value is -1.78. The van der Waals surface area contributed by atoms with Gasteiger partial charge in [0.2, 0.25) is 0 Å². The highest BCUT2D eigenvalue weighted by Crippen LogP contribution is 2.17. The fourth-order valence-electron chi connectivity index (χ4n) is 2.40. The SMILES string of the molecule is CCCNC(=NCc1ccc(N2CCCC2)nc1)NCC. The molecule has 1 aliphatic heterocycles. The van der Waals surface area contributed by atoms with Crippen molar-refractivity contribution in [2.24, 2.45) is 4.99 Å². The molecule has 0 radical (unpaired) electrons. The zero-order chi connectivity index (χ0) is 14.9. The molecule has 0 aliphatic carbocycles. The van der Waals surface area contributed by atoms with E-state index in [0.717, 1.165) is 49.9 Å². The van der Waals surface area contributed by atoms with E-state index in [1.807, 2.05) is 6.20 Å². The Morgan fingerprint density at radius 3 is 2.67 bits per heavy atom. The van der Waals surface area contributed by atoms with Crippen molar-refractivity contribution in [2.45, 2.75) is 39.7 Å². The van der Waals surface area contributed by atoms with E-state index in [1.54, 1.807) is 0 Å². The number of guanidine groups is 1. The summed E-state index contributed by atoms with van der Waals surface area (Å²) in [7, 11) is 0. The number of anilines is 1. The average Bonchev–Trinajstić information content (AvgIpc) is 3.05. The second-order valence-corrected chi connectivity index (χ2v) is 5.34. The molecule has 1 aliphatic rings. The van der Waals surface area contributed by atoms with Gasteiger partial charge in [0.25, 0.3) is 0 Å². The number of aromatic nitrogens is 1. The van der Waals surface area contributed by atoms with Gasteiger partial charge in [-0.3, -0.25) is 0 Å². The van der Waals surface area contributed by atoms with Crippen LogP contribution in [0.5, 0.6) is 0 Å².